The lowest BCUT2D eigenvalue weighted by Crippen LogP contribution is -2.07. The van der Waals surface area contributed by atoms with Gasteiger partial charge in [0, 0.05) is 5.56 Å². The van der Waals surface area contributed by atoms with Crippen molar-refractivity contribution in [2.75, 3.05) is 0 Å². The Morgan fingerprint density at radius 1 is 1.31 bits per heavy atom. The van der Waals surface area contributed by atoms with E-state index in [1.165, 1.54) is 6.42 Å². The Morgan fingerprint density at radius 2 is 2.12 bits per heavy atom. The number of hydrogen-bond donors (Lipinski definition) is 1. The quantitative estimate of drug-likeness (QED) is 0.754. The van der Waals surface area contributed by atoms with Gasteiger partial charge in [-0.05, 0) is 43.7 Å². The molecule has 0 saturated heterocycles. The Balaban J connectivity index is 2.29. The summed E-state index contributed by atoms with van der Waals surface area (Å²) in [6.45, 7) is 1.72. The minimum absolute atomic E-state index is 0.276. The van der Waals surface area contributed by atoms with Gasteiger partial charge in [-0.15, -0.1) is 0 Å². The topological polar surface area (TPSA) is 20.2 Å². The minimum atomic E-state index is -0.764. The van der Waals surface area contributed by atoms with E-state index in [4.69, 9.17) is 0 Å². The van der Waals surface area contributed by atoms with Gasteiger partial charge >= 0.3 is 0 Å². The van der Waals surface area contributed by atoms with Crippen LogP contribution in [0.5, 0.6) is 0 Å². The molecule has 1 aliphatic carbocycles. The van der Waals surface area contributed by atoms with E-state index in [9.17, 15) is 9.50 Å². The molecule has 0 spiro atoms. The minimum Gasteiger partial charge on any atom is -0.384 e. The lowest BCUT2D eigenvalue weighted by atomic mass is 9.91. The first kappa shape index (κ1) is 11.3. The molecule has 2 rings (SSSR count). The number of aliphatic hydroxyl groups is 1. The van der Waals surface area contributed by atoms with Crippen LogP contribution in [-0.2, 0) is 0 Å². The molecule has 1 aromatic carbocycles. The molecule has 0 aliphatic heterocycles. The molecule has 0 saturated carbocycles. The first-order chi connectivity index (χ1) is 7.70. The van der Waals surface area contributed by atoms with Crippen molar-refractivity contribution in [1.29, 1.82) is 0 Å². The van der Waals surface area contributed by atoms with Gasteiger partial charge in [-0.2, -0.15) is 0 Å². The molecule has 1 aromatic rings. The second-order valence-electron chi connectivity index (χ2n) is 4.41. The molecule has 1 unspecified atom stereocenters. The number of aryl methyl sites for hydroxylation is 1. The third kappa shape index (κ3) is 2.17. The summed E-state index contributed by atoms with van der Waals surface area (Å²) < 4.78 is 13.8. The smallest absolute Gasteiger partial charge is 0.132 e. The highest BCUT2D eigenvalue weighted by Crippen LogP contribution is 2.31. The fourth-order valence-electron chi connectivity index (χ4n) is 2.19. The van der Waals surface area contributed by atoms with E-state index >= 15 is 0 Å². The Hall–Kier alpha value is -1.15. The number of hydrogen-bond acceptors (Lipinski definition) is 1. The maximum atomic E-state index is 13.8. The molecule has 16 heavy (non-hydrogen) atoms. The Kier molecular flexibility index (Phi) is 3.39. The number of halogens is 1. The van der Waals surface area contributed by atoms with Crippen molar-refractivity contribution in [2.24, 2.45) is 0 Å². The summed E-state index contributed by atoms with van der Waals surface area (Å²) in [5.74, 6) is -0.276. The Bertz CT molecular complexity index is 409. The zero-order valence-electron chi connectivity index (χ0n) is 9.54. The van der Waals surface area contributed by atoms with Crippen molar-refractivity contribution in [3.63, 3.8) is 0 Å². The van der Waals surface area contributed by atoms with Crippen LogP contribution in [0.1, 0.15) is 42.9 Å². The molecule has 0 bridgehead atoms. The van der Waals surface area contributed by atoms with Gasteiger partial charge in [-0.3, -0.25) is 0 Å². The van der Waals surface area contributed by atoms with E-state index in [0.717, 1.165) is 24.8 Å². The van der Waals surface area contributed by atoms with Crippen molar-refractivity contribution in [3.8, 4) is 0 Å². The maximum Gasteiger partial charge on any atom is 0.132 e. The lowest BCUT2D eigenvalue weighted by Gasteiger charge is -2.19. The van der Waals surface area contributed by atoms with Gasteiger partial charge in [0.05, 0.1) is 0 Å². The first-order valence-corrected chi connectivity index (χ1v) is 5.82. The number of rotatable bonds is 2. The fraction of sp³-hybridized carbons (Fsp3) is 0.429. The summed E-state index contributed by atoms with van der Waals surface area (Å²) in [6.07, 6.45) is 5.44. The van der Waals surface area contributed by atoms with Crippen molar-refractivity contribution in [2.45, 2.75) is 38.7 Å². The van der Waals surface area contributed by atoms with Gasteiger partial charge in [-0.25, -0.2) is 4.39 Å². The lowest BCUT2D eigenvalue weighted by molar-refractivity contribution is 0.203. The fourth-order valence-corrected chi connectivity index (χ4v) is 2.19. The van der Waals surface area contributed by atoms with Gasteiger partial charge in [0.2, 0.25) is 0 Å². The molecule has 2 heteroatoms. The van der Waals surface area contributed by atoms with Crippen LogP contribution in [0, 0.1) is 12.7 Å². The molecule has 1 aliphatic rings. The van der Waals surface area contributed by atoms with E-state index in [1.54, 1.807) is 25.1 Å². The molecule has 0 fully saturated rings. The predicted molar refractivity (Wildman–Crippen MR) is 62.6 cm³/mol. The summed E-state index contributed by atoms with van der Waals surface area (Å²) in [6, 6.07) is 5.18. The van der Waals surface area contributed by atoms with Gasteiger partial charge < -0.3 is 5.11 Å². The van der Waals surface area contributed by atoms with Gasteiger partial charge in [0.15, 0.2) is 0 Å². The van der Waals surface area contributed by atoms with Crippen molar-refractivity contribution in [1.82, 2.24) is 0 Å². The molecule has 86 valence electrons. The molecular formula is C14H17FO. The van der Waals surface area contributed by atoms with Crippen LogP contribution in [0.15, 0.2) is 29.8 Å². The van der Waals surface area contributed by atoms with Gasteiger partial charge in [-0.1, -0.05) is 24.3 Å². The van der Waals surface area contributed by atoms with E-state index in [2.05, 4.69) is 6.08 Å². The van der Waals surface area contributed by atoms with E-state index < -0.39 is 6.10 Å². The summed E-state index contributed by atoms with van der Waals surface area (Å²) in [7, 11) is 0. The van der Waals surface area contributed by atoms with Crippen molar-refractivity contribution >= 4 is 0 Å². The number of allylic oxidation sites excluding steroid dienone is 1. The van der Waals surface area contributed by atoms with Gasteiger partial charge in [0.25, 0.3) is 0 Å². The van der Waals surface area contributed by atoms with E-state index in [0.29, 0.717) is 11.1 Å². The van der Waals surface area contributed by atoms with Crippen molar-refractivity contribution in [3.05, 3.63) is 46.8 Å². The van der Waals surface area contributed by atoms with Crippen LogP contribution in [0.3, 0.4) is 0 Å². The molecule has 1 nitrogen and oxygen atoms in total. The summed E-state index contributed by atoms with van der Waals surface area (Å²) >= 11 is 0. The molecule has 0 radical (unpaired) electrons. The van der Waals surface area contributed by atoms with E-state index in [1.807, 2.05) is 0 Å². The summed E-state index contributed by atoms with van der Waals surface area (Å²) in [4.78, 5) is 0. The second kappa shape index (κ2) is 4.79. The summed E-state index contributed by atoms with van der Waals surface area (Å²) in [5, 5.41) is 10.1. The van der Waals surface area contributed by atoms with Crippen LogP contribution in [0.25, 0.3) is 0 Å². The highest BCUT2D eigenvalue weighted by Gasteiger charge is 2.19. The number of benzene rings is 1. The van der Waals surface area contributed by atoms with Crippen LogP contribution >= 0.6 is 0 Å². The average Bonchev–Trinajstić information content (AvgIpc) is 2.33. The zero-order valence-corrected chi connectivity index (χ0v) is 9.54. The molecule has 1 atom stereocenters. The van der Waals surface area contributed by atoms with Gasteiger partial charge in [0.1, 0.15) is 11.9 Å². The number of aliphatic hydroxyl groups excluding tert-OH is 1. The maximum absolute atomic E-state index is 13.8. The molecular weight excluding hydrogens is 203 g/mol. The summed E-state index contributed by atoms with van der Waals surface area (Å²) in [5.41, 5.74) is 1.97. The van der Waals surface area contributed by atoms with Crippen LogP contribution in [0.2, 0.25) is 0 Å². The highest BCUT2D eigenvalue weighted by molar-refractivity contribution is 5.32. The van der Waals surface area contributed by atoms with Crippen molar-refractivity contribution < 1.29 is 9.50 Å². The normalized spacial score (nSPS) is 18.1. The standard InChI is InChI=1S/C14H17FO/c1-10-6-5-9-12(13(10)15)14(16)11-7-3-2-4-8-11/h5-7,9,14,16H,2-4,8H2,1H3. The Labute approximate surface area is 95.6 Å². The predicted octanol–water partition coefficient (Wildman–Crippen LogP) is 3.67. The monoisotopic (exact) mass is 220 g/mol. The average molecular weight is 220 g/mol. The van der Waals surface area contributed by atoms with E-state index in [-0.39, 0.29) is 5.82 Å². The largest absolute Gasteiger partial charge is 0.384 e. The van der Waals surface area contributed by atoms with Crippen LogP contribution in [-0.4, -0.2) is 5.11 Å². The Morgan fingerprint density at radius 3 is 2.81 bits per heavy atom. The third-order valence-electron chi connectivity index (χ3n) is 3.19. The zero-order chi connectivity index (χ0) is 11.5. The van der Waals surface area contributed by atoms with Crippen LogP contribution in [0.4, 0.5) is 4.39 Å². The SMILES string of the molecule is Cc1cccc(C(O)C2=CCCCC2)c1F. The van der Waals surface area contributed by atoms with Crippen LogP contribution < -0.4 is 0 Å². The molecule has 0 aromatic heterocycles. The third-order valence-corrected chi connectivity index (χ3v) is 3.19. The molecule has 0 heterocycles. The molecule has 0 amide bonds. The second-order valence-corrected chi connectivity index (χ2v) is 4.41. The first-order valence-electron chi connectivity index (χ1n) is 5.82. The molecule has 1 N–H and O–H groups in total. The highest BCUT2D eigenvalue weighted by atomic mass is 19.1.